The van der Waals surface area contributed by atoms with E-state index in [1.54, 1.807) is 6.07 Å². The van der Waals surface area contributed by atoms with E-state index >= 15 is 0 Å². The van der Waals surface area contributed by atoms with Gasteiger partial charge in [0.15, 0.2) is 23.1 Å². The average molecular weight is 290 g/mol. The van der Waals surface area contributed by atoms with Gasteiger partial charge in [0.05, 0.1) is 22.6 Å². The zero-order chi connectivity index (χ0) is 15.6. The van der Waals surface area contributed by atoms with Gasteiger partial charge in [-0.1, -0.05) is 0 Å². The maximum Gasteiger partial charge on any atom is 0.275 e. The van der Waals surface area contributed by atoms with Crippen LogP contribution < -0.4 is 4.74 Å². The van der Waals surface area contributed by atoms with E-state index in [2.05, 4.69) is 0 Å². The first-order valence-electron chi connectivity index (χ1n) is 5.74. The van der Waals surface area contributed by atoms with Crippen molar-refractivity contribution < 1.29 is 18.4 Å². The molecule has 21 heavy (non-hydrogen) atoms. The lowest BCUT2D eigenvalue weighted by molar-refractivity contribution is -0.385. The highest BCUT2D eigenvalue weighted by Gasteiger charge is 2.17. The van der Waals surface area contributed by atoms with Crippen LogP contribution in [0.4, 0.5) is 14.5 Å². The van der Waals surface area contributed by atoms with Crippen LogP contribution in [0.3, 0.4) is 0 Å². The zero-order valence-corrected chi connectivity index (χ0v) is 10.8. The Kier molecular flexibility index (Phi) is 3.80. The number of hydrogen-bond acceptors (Lipinski definition) is 4. The number of ether oxygens (including phenoxy) is 1. The molecule has 0 radical (unpaired) electrons. The van der Waals surface area contributed by atoms with Crippen LogP contribution in [-0.2, 0) is 0 Å². The average Bonchev–Trinajstić information content (AvgIpc) is 2.44. The van der Waals surface area contributed by atoms with Crippen LogP contribution in [0.2, 0.25) is 0 Å². The van der Waals surface area contributed by atoms with Crippen LogP contribution in [0.1, 0.15) is 11.1 Å². The number of halogens is 2. The van der Waals surface area contributed by atoms with Crippen LogP contribution in [0.25, 0.3) is 0 Å². The van der Waals surface area contributed by atoms with Crippen molar-refractivity contribution in [1.82, 2.24) is 0 Å². The van der Waals surface area contributed by atoms with Gasteiger partial charge in [0.25, 0.3) is 5.69 Å². The van der Waals surface area contributed by atoms with E-state index in [4.69, 9.17) is 10.00 Å². The van der Waals surface area contributed by atoms with Crippen LogP contribution in [0.5, 0.6) is 11.5 Å². The minimum atomic E-state index is -0.976. The molecule has 5 nitrogen and oxygen atoms in total. The fourth-order valence-corrected chi connectivity index (χ4v) is 1.69. The maximum atomic E-state index is 13.7. The Morgan fingerprint density at radius 2 is 1.86 bits per heavy atom. The van der Waals surface area contributed by atoms with Gasteiger partial charge in [0, 0.05) is 5.56 Å². The van der Waals surface area contributed by atoms with E-state index in [-0.39, 0.29) is 28.3 Å². The molecule has 2 aromatic carbocycles. The van der Waals surface area contributed by atoms with Crippen molar-refractivity contribution >= 4 is 5.69 Å². The van der Waals surface area contributed by atoms with Crippen molar-refractivity contribution in [3.05, 3.63) is 63.2 Å². The number of nitro groups is 1. The molecule has 0 heterocycles. The molecule has 0 aliphatic carbocycles. The Bertz CT molecular complexity index is 770. The Labute approximate surface area is 118 Å². The highest BCUT2D eigenvalue weighted by molar-refractivity contribution is 5.47. The second-order valence-electron chi connectivity index (χ2n) is 4.19. The third-order valence-electron chi connectivity index (χ3n) is 2.73. The Morgan fingerprint density at radius 3 is 2.43 bits per heavy atom. The molecule has 0 unspecified atom stereocenters. The molecule has 0 aromatic heterocycles. The molecule has 0 atom stereocenters. The molecule has 0 spiro atoms. The monoisotopic (exact) mass is 290 g/mol. The van der Waals surface area contributed by atoms with E-state index in [1.165, 1.54) is 19.1 Å². The maximum absolute atomic E-state index is 13.7. The molecule has 0 saturated heterocycles. The van der Waals surface area contributed by atoms with Crippen LogP contribution in [0.15, 0.2) is 30.3 Å². The van der Waals surface area contributed by atoms with Gasteiger partial charge in [-0.05, 0) is 31.2 Å². The van der Waals surface area contributed by atoms with E-state index in [0.717, 1.165) is 12.1 Å². The molecule has 0 saturated carbocycles. The number of rotatable bonds is 3. The summed E-state index contributed by atoms with van der Waals surface area (Å²) in [4.78, 5) is 9.96. The summed E-state index contributed by atoms with van der Waals surface area (Å²) in [5, 5.41) is 19.3. The van der Waals surface area contributed by atoms with Crippen molar-refractivity contribution in [3.63, 3.8) is 0 Å². The SMILES string of the molecule is Cc1cc(Oc2ccc(C#N)cc2F)c(F)cc1[N+](=O)[O-]. The first-order valence-corrected chi connectivity index (χ1v) is 5.74. The molecule has 0 amide bonds. The van der Waals surface area contributed by atoms with Gasteiger partial charge in [0.1, 0.15) is 0 Å². The summed E-state index contributed by atoms with van der Waals surface area (Å²) in [5.74, 6) is -2.41. The predicted molar refractivity (Wildman–Crippen MR) is 69.0 cm³/mol. The lowest BCUT2D eigenvalue weighted by Crippen LogP contribution is -1.97. The lowest BCUT2D eigenvalue weighted by Gasteiger charge is -2.09. The Morgan fingerprint density at radius 1 is 1.19 bits per heavy atom. The topological polar surface area (TPSA) is 76.2 Å². The summed E-state index contributed by atoms with van der Waals surface area (Å²) in [7, 11) is 0. The number of benzene rings is 2. The van der Waals surface area contributed by atoms with Gasteiger partial charge in [-0.2, -0.15) is 5.26 Å². The molecule has 0 fully saturated rings. The van der Waals surface area contributed by atoms with E-state index < -0.39 is 16.6 Å². The second-order valence-corrected chi connectivity index (χ2v) is 4.19. The van der Waals surface area contributed by atoms with E-state index in [0.29, 0.717) is 6.07 Å². The Balaban J connectivity index is 2.39. The van der Waals surface area contributed by atoms with Gasteiger partial charge < -0.3 is 4.74 Å². The molecule has 0 aliphatic heterocycles. The van der Waals surface area contributed by atoms with Crippen molar-refractivity contribution in [2.24, 2.45) is 0 Å². The van der Waals surface area contributed by atoms with Crippen molar-refractivity contribution in [2.45, 2.75) is 6.92 Å². The normalized spacial score (nSPS) is 10.0. The molecule has 2 rings (SSSR count). The third kappa shape index (κ3) is 2.95. The fraction of sp³-hybridized carbons (Fsp3) is 0.0714. The summed E-state index contributed by atoms with van der Waals surface area (Å²) in [5.41, 5.74) is -0.106. The van der Waals surface area contributed by atoms with Gasteiger partial charge in [0.2, 0.25) is 0 Å². The Hall–Kier alpha value is -3.01. The largest absolute Gasteiger partial charge is 0.451 e. The first-order chi connectivity index (χ1) is 9.92. The standard InChI is InChI=1S/C14H8F2N2O3/c1-8-4-14(11(16)6-12(8)18(19)20)21-13-3-2-9(7-17)5-10(13)15/h2-6H,1H3. The van der Waals surface area contributed by atoms with Gasteiger partial charge in [-0.25, -0.2) is 8.78 Å². The zero-order valence-electron chi connectivity index (χ0n) is 10.8. The van der Waals surface area contributed by atoms with Crippen LogP contribution in [-0.4, -0.2) is 4.92 Å². The van der Waals surface area contributed by atoms with E-state index in [9.17, 15) is 18.9 Å². The van der Waals surface area contributed by atoms with Crippen molar-refractivity contribution in [3.8, 4) is 17.6 Å². The van der Waals surface area contributed by atoms with Crippen molar-refractivity contribution in [2.75, 3.05) is 0 Å². The number of aryl methyl sites for hydroxylation is 1. The number of nitriles is 1. The molecule has 0 aliphatic rings. The lowest BCUT2D eigenvalue weighted by atomic mass is 10.2. The quantitative estimate of drug-likeness (QED) is 0.635. The molecular formula is C14H8F2N2O3. The molecule has 0 bridgehead atoms. The smallest absolute Gasteiger partial charge is 0.275 e. The minimum Gasteiger partial charge on any atom is -0.451 e. The van der Waals surface area contributed by atoms with Crippen molar-refractivity contribution in [1.29, 1.82) is 5.26 Å². The molecule has 0 N–H and O–H groups in total. The van der Waals surface area contributed by atoms with E-state index in [1.807, 2.05) is 0 Å². The second kappa shape index (κ2) is 5.54. The first kappa shape index (κ1) is 14.4. The molecule has 7 heteroatoms. The summed E-state index contributed by atoms with van der Waals surface area (Å²) < 4.78 is 32.5. The minimum absolute atomic E-state index is 0.0974. The highest BCUT2D eigenvalue weighted by Crippen LogP contribution is 2.31. The predicted octanol–water partition coefficient (Wildman–Crippen LogP) is 3.85. The molecular weight excluding hydrogens is 282 g/mol. The number of nitrogens with zero attached hydrogens (tertiary/aromatic N) is 2. The summed E-state index contributed by atoms with van der Waals surface area (Å²) in [6.45, 7) is 1.42. The third-order valence-corrected chi connectivity index (χ3v) is 2.73. The fourth-order valence-electron chi connectivity index (χ4n) is 1.69. The summed E-state index contributed by atoms with van der Waals surface area (Å²) in [6, 6.07) is 7.03. The number of nitro benzene ring substituents is 1. The summed E-state index contributed by atoms with van der Waals surface area (Å²) in [6.07, 6.45) is 0. The van der Waals surface area contributed by atoms with Crippen LogP contribution >= 0.6 is 0 Å². The highest BCUT2D eigenvalue weighted by atomic mass is 19.1. The molecule has 106 valence electrons. The summed E-state index contributed by atoms with van der Waals surface area (Å²) >= 11 is 0. The van der Waals surface area contributed by atoms with Crippen LogP contribution in [0, 0.1) is 40.0 Å². The van der Waals surface area contributed by atoms with Gasteiger partial charge >= 0.3 is 0 Å². The number of hydrogen-bond donors (Lipinski definition) is 0. The van der Waals surface area contributed by atoms with Gasteiger partial charge in [-0.15, -0.1) is 0 Å². The van der Waals surface area contributed by atoms with Gasteiger partial charge in [-0.3, -0.25) is 10.1 Å². The molecule has 2 aromatic rings.